The van der Waals surface area contributed by atoms with Gasteiger partial charge in [0.25, 0.3) is 0 Å². The fourth-order valence-corrected chi connectivity index (χ4v) is 20.8. The lowest BCUT2D eigenvalue weighted by molar-refractivity contribution is -0.00399. The number of benzene rings is 4. The van der Waals surface area contributed by atoms with Gasteiger partial charge >= 0.3 is 24.0 Å². The Balaban J connectivity index is 0.000000107. The summed E-state index contributed by atoms with van der Waals surface area (Å²) < 4.78 is 112. The highest BCUT2D eigenvalue weighted by Gasteiger charge is 2.57. The number of piperidine rings is 2. The zero-order valence-corrected chi connectivity index (χ0v) is 73.6. The molecule has 133 heavy (non-hydrogen) atoms. The van der Waals surface area contributed by atoms with Gasteiger partial charge in [-0.05, 0) is 129 Å². The molecule has 12 aliphatic rings. The van der Waals surface area contributed by atoms with Crippen molar-refractivity contribution in [3.8, 4) is 91.5 Å². The first kappa shape index (κ1) is 86.2. The van der Waals surface area contributed by atoms with Crippen LogP contribution in [0.4, 0.5) is 72.4 Å². The average molecular weight is 1820 g/mol. The SMILES string of the molecule is CNc1cc(F)c(F)c2c1Cc1nc(Oc3cnc([C@H](C)O)nc3)nc(N3CC4(CCC4N)C3)c1-2.CNc1cc(F)c(F)c2c1Cc1nc(Oc3cnc([C@H](C)O)nc3)nc(N3C[C@H]4CC3C[C@H]4N)c1-2.CNc1cc(F)cc2c1Cc1nc(Oc3cnc(C)nc3)nc(N3C[C@@H]4C(O)[C@@H]4C3)c1-2.CNc1cc(F)cc2c1Cc1nc(Oc3cnc(C)nc3)nc(N3C[C@H]4C[C@@H](O)[C@H]4C3)c1-2. The molecule has 8 fully saturated rings. The van der Waals surface area contributed by atoms with E-state index in [2.05, 4.69) is 106 Å². The standard InChI is InChI=1S/2C24H25F2N7O2.C23H23FN6O2.C22H21FN6O2/c1-10(34)22-29-7-13(8-30-22)35-24-31-18-5-14-17(28-2)6-15(25)21(26)19(14)20(18)23(32-24)33-9-11-3-12(33)4-16(11)27;1-11(34)21-29-7-12(8-30-21)35-23-31-16-5-13-15(28-2)6-14(25)20(26)18(13)19(16)22(32-23)33-9-24(10-33)4-3-17(24)27;1-11-26-7-14(8-27-11)32-23-28-19-6-15-16(4-13(24)5-18(15)25-2)21(19)22(29-23)30-9-12-3-20(31)17(12)10-30;1-10-25-6-12(7-26-10)31-22-27-18-5-13-14(3-11(23)4-17(13)24-2)19(18)21(28-22)29-8-15-16(9-29)20(15)30/h6-8,10-12,16,28,34H,3-5,9,27H2,1-2H3;6-8,11,17,28,34H,3-5,9-10,27H2,1-2H3;4-5,7-8,12,17,20,25,31H,3,6,9-10H2,1-2H3;3-4,6-7,15-16,20,24,30H,5,8-9H2,1-2H3/t10-,11+,12?,16+;11-,17?;12-,17+,20-;15-,16+,20?/m001./s1. The van der Waals surface area contributed by atoms with Crippen LogP contribution in [0.25, 0.3) is 44.5 Å². The molecule has 2 bridgehead atoms. The molecule has 4 aromatic carbocycles. The first-order valence-corrected chi connectivity index (χ1v) is 44.3. The largest absolute Gasteiger partial charge is 0.421 e. The summed E-state index contributed by atoms with van der Waals surface area (Å²) in [7, 11) is 6.92. The normalized spacial score (nSPS) is 22.0. The van der Waals surface area contributed by atoms with Crippen molar-refractivity contribution in [3.63, 3.8) is 0 Å². The number of hydrogen-bond donors (Lipinski definition) is 10. The quantitative estimate of drug-likeness (QED) is 0.0357. The Bertz CT molecular complexity index is 6620. The highest BCUT2D eigenvalue weighted by atomic mass is 19.2. The van der Waals surface area contributed by atoms with Crippen LogP contribution in [-0.4, -0.2) is 205 Å². The highest BCUT2D eigenvalue weighted by Crippen LogP contribution is 2.57. The molecule has 3 unspecified atom stereocenters. The number of nitrogens with zero attached hydrogens (tertiary/aromatic N) is 20. The van der Waals surface area contributed by atoms with Gasteiger partial charge in [0, 0.05) is 209 Å². The van der Waals surface area contributed by atoms with Crippen LogP contribution in [0.3, 0.4) is 0 Å². The summed E-state index contributed by atoms with van der Waals surface area (Å²) in [5, 5.41) is 51.5. The van der Waals surface area contributed by atoms with Gasteiger partial charge < -0.3 is 91.7 Å². The second-order valence-corrected chi connectivity index (χ2v) is 36.1. The second-order valence-electron chi connectivity index (χ2n) is 36.1. The zero-order valence-electron chi connectivity index (χ0n) is 73.6. The predicted molar refractivity (Wildman–Crippen MR) is 477 cm³/mol. The number of nitrogens with one attached hydrogen (secondary N) is 4. The third-order valence-electron chi connectivity index (χ3n) is 27.9. The Morgan fingerprint density at radius 1 is 0.429 bits per heavy atom. The second kappa shape index (κ2) is 33.6. The monoisotopic (exact) mass is 1820 g/mol. The minimum atomic E-state index is -0.927. The molecule has 4 saturated carbocycles. The molecule has 4 saturated heterocycles. The van der Waals surface area contributed by atoms with Crippen molar-refractivity contribution in [2.24, 2.45) is 46.5 Å². The van der Waals surface area contributed by atoms with Gasteiger partial charge in [-0.2, -0.15) is 39.9 Å². The van der Waals surface area contributed by atoms with Crippen molar-refractivity contribution in [1.29, 1.82) is 0 Å². The number of aryl methyl sites for hydroxylation is 2. The molecular weight excluding hydrogens is 1720 g/mol. The van der Waals surface area contributed by atoms with E-state index in [1.54, 1.807) is 92.8 Å². The van der Waals surface area contributed by atoms with E-state index in [1.807, 2.05) is 4.90 Å². The van der Waals surface area contributed by atoms with E-state index >= 15 is 8.78 Å². The van der Waals surface area contributed by atoms with Gasteiger partial charge in [0.2, 0.25) is 0 Å². The van der Waals surface area contributed by atoms with Gasteiger partial charge in [-0.15, -0.1) is 0 Å². The molecule has 4 aliphatic heterocycles. The predicted octanol–water partition coefficient (Wildman–Crippen LogP) is 11.3. The third kappa shape index (κ3) is 15.5. The van der Waals surface area contributed by atoms with Crippen molar-refractivity contribution in [2.75, 3.05) is 115 Å². The molecule has 12 aromatic rings. The van der Waals surface area contributed by atoms with Crippen molar-refractivity contribution in [1.82, 2.24) is 79.7 Å². The van der Waals surface area contributed by atoms with Gasteiger partial charge in [0.1, 0.15) is 58.8 Å². The Morgan fingerprint density at radius 2 is 0.812 bits per heavy atom. The molecule has 40 heteroatoms. The van der Waals surface area contributed by atoms with Gasteiger partial charge in [0.15, 0.2) is 57.9 Å². The van der Waals surface area contributed by atoms with E-state index in [9.17, 15) is 38.0 Å². The maximum absolute atomic E-state index is 15.2. The van der Waals surface area contributed by atoms with Gasteiger partial charge in [-0.1, -0.05) is 0 Å². The van der Waals surface area contributed by atoms with E-state index in [-0.39, 0.29) is 112 Å². The first-order chi connectivity index (χ1) is 64.1. The number of aliphatic hydroxyl groups is 4. The van der Waals surface area contributed by atoms with Crippen LogP contribution >= 0.6 is 0 Å². The van der Waals surface area contributed by atoms with Crippen LogP contribution in [0.15, 0.2) is 86.0 Å². The van der Waals surface area contributed by atoms with Gasteiger partial charge in [-0.25, -0.2) is 66.2 Å². The third-order valence-corrected chi connectivity index (χ3v) is 27.9. The number of hydrogen-bond acceptors (Lipinski definition) is 34. The molecule has 24 rings (SSSR count). The van der Waals surface area contributed by atoms with Crippen molar-refractivity contribution >= 4 is 46.0 Å². The summed E-state index contributed by atoms with van der Waals surface area (Å²) in [5.41, 5.74) is 25.7. The van der Waals surface area contributed by atoms with Gasteiger partial charge in [0.05, 0.1) is 84.6 Å². The lowest BCUT2D eigenvalue weighted by Gasteiger charge is -2.60. The molecule has 8 aliphatic carbocycles. The molecule has 1 spiro atoms. The summed E-state index contributed by atoms with van der Waals surface area (Å²) in [6.07, 6.45) is 16.3. The summed E-state index contributed by atoms with van der Waals surface area (Å²) in [5.74, 6) is 3.09. The Morgan fingerprint density at radius 3 is 1.19 bits per heavy atom. The number of nitrogens with two attached hydrogens (primary N) is 2. The Labute approximate surface area is 758 Å². The van der Waals surface area contributed by atoms with Crippen LogP contribution in [0.5, 0.6) is 47.0 Å². The van der Waals surface area contributed by atoms with Crippen molar-refractivity contribution < 1.29 is 65.7 Å². The van der Waals surface area contributed by atoms with Crippen LogP contribution in [0, 0.1) is 83.8 Å². The number of aromatic nitrogens is 16. The number of fused-ring (bicyclic) bond motifs is 16. The molecule has 8 aromatic heterocycles. The number of rotatable bonds is 18. The van der Waals surface area contributed by atoms with E-state index in [0.29, 0.717) is 168 Å². The van der Waals surface area contributed by atoms with Crippen LogP contribution in [0.1, 0.15) is 126 Å². The van der Waals surface area contributed by atoms with E-state index in [1.165, 1.54) is 43.0 Å². The number of halogens is 6. The number of aliphatic hydroxyl groups excluding tert-OH is 4. The lowest BCUT2D eigenvalue weighted by atomic mass is 9.60. The Hall–Kier alpha value is -13.5. The fourth-order valence-electron chi connectivity index (χ4n) is 20.8. The molecular formula is C93H94F6N26O8. The minimum absolute atomic E-state index is 0.0432. The van der Waals surface area contributed by atoms with Gasteiger partial charge in [-0.3, -0.25) is 0 Å². The average Bonchev–Trinajstić information content (AvgIpc) is 1.60. The number of anilines is 8. The zero-order chi connectivity index (χ0) is 92.2. The van der Waals surface area contributed by atoms with Crippen LogP contribution in [0.2, 0.25) is 0 Å². The van der Waals surface area contributed by atoms with Crippen molar-refractivity contribution in [2.45, 2.75) is 128 Å². The smallest absolute Gasteiger partial charge is 0.324 e. The van der Waals surface area contributed by atoms with Crippen molar-refractivity contribution in [3.05, 3.63) is 189 Å². The highest BCUT2D eigenvalue weighted by molar-refractivity contribution is 5.93. The first-order valence-electron chi connectivity index (χ1n) is 44.3. The molecule has 0 amide bonds. The van der Waals surface area contributed by atoms with Crippen LogP contribution in [-0.2, 0) is 25.7 Å². The number of ether oxygens (including phenoxy) is 4. The maximum Gasteiger partial charge on any atom is 0.324 e. The lowest BCUT2D eigenvalue weighted by Crippen LogP contribution is -2.69. The van der Waals surface area contributed by atoms with Crippen LogP contribution < -0.4 is 71.3 Å². The molecule has 686 valence electrons. The van der Waals surface area contributed by atoms with E-state index in [0.717, 1.165) is 112 Å². The fraction of sp³-hybridized carbons (Fsp3) is 0.398. The van der Waals surface area contributed by atoms with E-state index in [4.69, 9.17) is 40.4 Å². The molecule has 12 N–H and O–H groups in total. The summed E-state index contributed by atoms with van der Waals surface area (Å²) >= 11 is 0. The Kier molecular flexibility index (Phi) is 21.8. The molecule has 34 nitrogen and oxygen atoms in total. The topological polar surface area (TPSA) is 437 Å². The molecule has 12 atom stereocenters. The maximum atomic E-state index is 15.2. The molecule has 12 heterocycles. The van der Waals surface area contributed by atoms with E-state index < -0.39 is 35.5 Å². The minimum Gasteiger partial charge on any atom is -0.421 e. The summed E-state index contributed by atoms with van der Waals surface area (Å²) in [4.78, 5) is 78.8. The summed E-state index contributed by atoms with van der Waals surface area (Å²) in [6, 6.07) is 9.43. The molecule has 0 radical (unpaired) electrons. The summed E-state index contributed by atoms with van der Waals surface area (Å²) in [6.45, 7) is 11.8.